The van der Waals surface area contributed by atoms with E-state index in [1.165, 1.54) is 44.1 Å². The van der Waals surface area contributed by atoms with E-state index in [0.717, 1.165) is 26.2 Å². The van der Waals surface area contributed by atoms with Crippen molar-refractivity contribution in [2.75, 3.05) is 68.7 Å². The first-order valence-electron chi connectivity index (χ1n) is 12.7. The minimum Gasteiger partial charge on any atom is -0.369 e. The molecule has 0 radical (unpaired) electrons. The summed E-state index contributed by atoms with van der Waals surface area (Å²) >= 11 is 0. The second-order valence-corrected chi connectivity index (χ2v) is 11.6. The average molecular weight is 451 g/mol. The molecule has 2 aromatic rings. The summed E-state index contributed by atoms with van der Waals surface area (Å²) in [4.78, 5) is 10.1. The Labute approximate surface area is 203 Å². The maximum absolute atomic E-state index is 2.58. The third-order valence-electron chi connectivity index (χ3n) is 6.54. The Balaban J connectivity index is 0.000000186. The van der Waals surface area contributed by atoms with Crippen LogP contribution in [0.15, 0.2) is 60.7 Å². The first kappa shape index (κ1) is 25.6. The van der Waals surface area contributed by atoms with Gasteiger partial charge in [-0.3, -0.25) is 9.80 Å². The van der Waals surface area contributed by atoms with Gasteiger partial charge in [-0.1, -0.05) is 57.2 Å². The van der Waals surface area contributed by atoms with Crippen molar-refractivity contribution >= 4 is 11.4 Å². The molecule has 33 heavy (non-hydrogen) atoms. The number of anilines is 2. The normalized spacial score (nSPS) is 18.6. The summed E-state index contributed by atoms with van der Waals surface area (Å²) in [7, 11) is 0. The number of hydrogen-bond acceptors (Lipinski definition) is 4. The van der Waals surface area contributed by atoms with Gasteiger partial charge in [0.05, 0.1) is 0 Å². The van der Waals surface area contributed by atoms with Crippen molar-refractivity contribution in [1.29, 1.82) is 0 Å². The van der Waals surface area contributed by atoms with E-state index in [1.54, 1.807) is 0 Å². The SMILES string of the molecule is CC(C)(C)CN1CCN(c2ccccc2)CC1.CC(C)(C)N1CCN(c2ccccc2)CC1. The van der Waals surface area contributed by atoms with E-state index >= 15 is 0 Å². The summed E-state index contributed by atoms with van der Waals surface area (Å²) in [6.45, 7) is 24.3. The predicted molar refractivity (Wildman–Crippen MR) is 145 cm³/mol. The molecule has 4 nitrogen and oxygen atoms in total. The number of hydrogen-bond donors (Lipinski definition) is 0. The lowest BCUT2D eigenvalue weighted by Gasteiger charge is -2.43. The Bertz CT molecular complexity index is 791. The molecule has 2 heterocycles. The standard InChI is InChI=1S/C15H24N2.C14H22N2/c1-15(2,3)13-16-9-11-17(12-10-16)14-7-5-4-6-8-14;1-14(2,3)16-11-9-15(10-12-16)13-7-5-4-6-8-13/h4-8H,9-13H2,1-3H3;4-8H,9-12H2,1-3H3. The van der Waals surface area contributed by atoms with Crippen molar-refractivity contribution in [2.24, 2.45) is 5.41 Å². The van der Waals surface area contributed by atoms with E-state index in [-0.39, 0.29) is 0 Å². The van der Waals surface area contributed by atoms with Crippen LogP contribution < -0.4 is 9.80 Å². The van der Waals surface area contributed by atoms with Crippen LogP contribution in [-0.2, 0) is 0 Å². The minimum atomic E-state index is 0.308. The van der Waals surface area contributed by atoms with Gasteiger partial charge in [0.2, 0.25) is 0 Å². The summed E-state index contributed by atoms with van der Waals surface area (Å²) in [5.74, 6) is 0. The summed E-state index contributed by atoms with van der Waals surface area (Å²) in [5, 5.41) is 0. The zero-order valence-corrected chi connectivity index (χ0v) is 21.9. The molecule has 2 saturated heterocycles. The van der Waals surface area contributed by atoms with Crippen molar-refractivity contribution in [3.8, 4) is 0 Å². The number of benzene rings is 2. The van der Waals surface area contributed by atoms with Crippen LogP contribution in [0, 0.1) is 5.41 Å². The van der Waals surface area contributed by atoms with Gasteiger partial charge >= 0.3 is 0 Å². The lowest BCUT2D eigenvalue weighted by molar-refractivity contribution is 0.128. The fourth-order valence-corrected chi connectivity index (χ4v) is 4.75. The molecule has 0 saturated carbocycles. The first-order chi connectivity index (χ1) is 15.6. The fraction of sp³-hybridized carbons (Fsp3) is 0.586. The van der Waals surface area contributed by atoms with E-state index in [2.05, 4.69) is 122 Å². The molecule has 0 aliphatic carbocycles. The lowest BCUT2D eigenvalue weighted by Crippen LogP contribution is -2.53. The summed E-state index contributed by atoms with van der Waals surface area (Å²) < 4.78 is 0. The summed E-state index contributed by atoms with van der Waals surface area (Å²) in [6, 6.07) is 21.5. The van der Waals surface area contributed by atoms with Crippen LogP contribution in [0.4, 0.5) is 11.4 Å². The molecule has 4 rings (SSSR count). The number of rotatable bonds is 3. The molecule has 2 aliphatic heterocycles. The zero-order valence-electron chi connectivity index (χ0n) is 21.9. The van der Waals surface area contributed by atoms with Gasteiger partial charge in [-0.05, 0) is 50.5 Å². The predicted octanol–water partition coefficient (Wildman–Crippen LogP) is 5.46. The van der Waals surface area contributed by atoms with Crippen LogP contribution in [0.1, 0.15) is 41.5 Å². The molecule has 0 amide bonds. The first-order valence-corrected chi connectivity index (χ1v) is 12.7. The topological polar surface area (TPSA) is 13.0 Å². The van der Waals surface area contributed by atoms with Crippen LogP contribution in [-0.4, -0.2) is 74.2 Å². The highest BCUT2D eigenvalue weighted by Crippen LogP contribution is 2.21. The van der Waals surface area contributed by atoms with Crippen molar-refractivity contribution in [3.63, 3.8) is 0 Å². The van der Waals surface area contributed by atoms with Gasteiger partial charge in [-0.15, -0.1) is 0 Å². The molecule has 0 spiro atoms. The van der Waals surface area contributed by atoms with E-state index in [1.807, 2.05) is 0 Å². The number of nitrogens with zero attached hydrogens (tertiary/aromatic N) is 4. The van der Waals surface area contributed by atoms with Crippen LogP contribution in [0.2, 0.25) is 0 Å². The average Bonchev–Trinajstić information content (AvgIpc) is 2.80. The monoisotopic (exact) mass is 450 g/mol. The quantitative estimate of drug-likeness (QED) is 0.615. The number of piperazine rings is 2. The van der Waals surface area contributed by atoms with Crippen molar-refractivity contribution in [3.05, 3.63) is 60.7 Å². The van der Waals surface area contributed by atoms with Gasteiger partial charge < -0.3 is 9.80 Å². The Kier molecular flexibility index (Phi) is 8.83. The molecule has 0 bridgehead atoms. The lowest BCUT2D eigenvalue weighted by atomic mass is 9.96. The third-order valence-corrected chi connectivity index (χ3v) is 6.54. The second-order valence-electron chi connectivity index (χ2n) is 11.6. The maximum Gasteiger partial charge on any atom is 0.0367 e. The highest BCUT2D eigenvalue weighted by molar-refractivity contribution is 5.47. The van der Waals surface area contributed by atoms with Crippen molar-refractivity contribution in [2.45, 2.75) is 47.1 Å². The number of para-hydroxylation sites is 2. The van der Waals surface area contributed by atoms with E-state index < -0.39 is 0 Å². The highest BCUT2D eigenvalue weighted by Gasteiger charge is 2.25. The Morgan fingerprint density at radius 3 is 1.30 bits per heavy atom. The van der Waals surface area contributed by atoms with E-state index in [9.17, 15) is 0 Å². The van der Waals surface area contributed by atoms with Gasteiger partial charge in [-0.25, -0.2) is 0 Å². The maximum atomic E-state index is 2.58. The van der Waals surface area contributed by atoms with E-state index in [0.29, 0.717) is 11.0 Å². The van der Waals surface area contributed by atoms with Crippen LogP contribution in [0.5, 0.6) is 0 Å². The van der Waals surface area contributed by atoms with E-state index in [4.69, 9.17) is 0 Å². The van der Waals surface area contributed by atoms with Gasteiger partial charge in [0.1, 0.15) is 0 Å². The third kappa shape index (κ3) is 8.35. The van der Waals surface area contributed by atoms with Gasteiger partial charge in [0, 0.05) is 75.8 Å². The summed E-state index contributed by atoms with van der Waals surface area (Å²) in [5.41, 5.74) is 3.44. The molecule has 0 N–H and O–H groups in total. The molecule has 2 aliphatic rings. The molecule has 0 aromatic heterocycles. The Morgan fingerprint density at radius 2 is 0.939 bits per heavy atom. The van der Waals surface area contributed by atoms with Crippen LogP contribution >= 0.6 is 0 Å². The molecule has 4 heteroatoms. The van der Waals surface area contributed by atoms with Crippen LogP contribution in [0.3, 0.4) is 0 Å². The van der Waals surface area contributed by atoms with Crippen LogP contribution in [0.25, 0.3) is 0 Å². The molecule has 2 aromatic carbocycles. The van der Waals surface area contributed by atoms with Gasteiger partial charge in [-0.2, -0.15) is 0 Å². The van der Waals surface area contributed by atoms with Gasteiger partial charge in [0.25, 0.3) is 0 Å². The van der Waals surface area contributed by atoms with Crippen molar-refractivity contribution < 1.29 is 0 Å². The molecule has 0 unspecified atom stereocenters. The smallest absolute Gasteiger partial charge is 0.0367 e. The zero-order chi connectivity index (χ0) is 23.9. The second kappa shape index (κ2) is 11.4. The molecular weight excluding hydrogens is 404 g/mol. The molecule has 0 atom stereocenters. The largest absolute Gasteiger partial charge is 0.369 e. The minimum absolute atomic E-state index is 0.308. The highest BCUT2D eigenvalue weighted by atomic mass is 15.3. The fourth-order valence-electron chi connectivity index (χ4n) is 4.75. The molecule has 2 fully saturated rings. The van der Waals surface area contributed by atoms with Gasteiger partial charge in [0.15, 0.2) is 0 Å². The van der Waals surface area contributed by atoms with Crippen molar-refractivity contribution in [1.82, 2.24) is 9.80 Å². The molecular formula is C29H46N4. The Morgan fingerprint density at radius 1 is 0.545 bits per heavy atom. The summed E-state index contributed by atoms with van der Waals surface area (Å²) in [6.07, 6.45) is 0. The Hall–Kier alpha value is -2.04. The molecule has 182 valence electrons.